The van der Waals surface area contributed by atoms with Crippen molar-refractivity contribution in [1.82, 2.24) is 20.1 Å². The van der Waals surface area contributed by atoms with Crippen molar-refractivity contribution in [3.63, 3.8) is 0 Å². The summed E-state index contributed by atoms with van der Waals surface area (Å²) >= 11 is 0. The molecule has 2 aliphatic heterocycles. The van der Waals surface area contributed by atoms with Crippen molar-refractivity contribution in [3.05, 3.63) is 54.2 Å². The lowest BCUT2D eigenvalue weighted by molar-refractivity contribution is -0.125. The van der Waals surface area contributed by atoms with Gasteiger partial charge in [0, 0.05) is 41.6 Å². The number of nitrogens with one attached hydrogen (secondary N) is 1. The zero-order valence-electron chi connectivity index (χ0n) is 16.9. The highest BCUT2D eigenvalue weighted by Crippen LogP contribution is 2.41. The number of phenols is 1. The van der Waals surface area contributed by atoms with Gasteiger partial charge in [-0.15, -0.1) is 10.2 Å². The lowest BCUT2D eigenvalue weighted by Crippen LogP contribution is -2.26. The first-order chi connectivity index (χ1) is 15.1. The summed E-state index contributed by atoms with van der Waals surface area (Å²) in [6.07, 6.45) is 0.969. The van der Waals surface area contributed by atoms with Gasteiger partial charge in [-0.05, 0) is 36.3 Å². The number of aromatic amines is 1. The van der Waals surface area contributed by atoms with Crippen LogP contribution < -0.4 is 0 Å². The lowest BCUT2D eigenvalue weighted by atomic mass is 9.89. The molecule has 1 aromatic carbocycles. The van der Waals surface area contributed by atoms with Crippen LogP contribution in [0.15, 0.2) is 43.0 Å². The largest absolute Gasteiger partial charge is 0.507 e. The molecule has 1 amide bonds. The SMILES string of the molecule is C=CC(=O)N1CC[C@H](c2[nH]c3nnc(-c4ccccc4O)cc3c2[C@H]2COC[C@@H]2F)C1. The number of H-pyrrole nitrogens is 1. The van der Waals surface area contributed by atoms with E-state index in [4.69, 9.17) is 4.74 Å². The fourth-order valence-corrected chi connectivity index (χ4v) is 4.69. The van der Waals surface area contributed by atoms with Gasteiger partial charge in [0.05, 0.1) is 18.9 Å². The fourth-order valence-electron chi connectivity index (χ4n) is 4.69. The van der Waals surface area contributed by atoms with Gasteiger partial charge in [0.25, 0.3) is 0 Å². The molecule has 3 aromatic rings. The molecule has 2 aromatic heterocycles. The molecule has 0 spiro atoms. The Balaban J connectivity index is 1.63. The van der Waals surface area contributed by atoms with Crippen molar-refractivity contribution in [2.45, 2.75) is 24.4 Å². The van der Waals surface area contributed by atoms with Crippen molar-refractivity contribution in [2.75, 3.05) is 26.3 Å². The number of nitrogens with zero attached hydrogens (tertiary/aromatic N) is 3. The molecular formula is C23H23FN4O3. The van der Waals surface area contributed by atoms with Gasteiger partial charge < -0.3 is 19.7 Å². The van der Waals surface area contributed by atoms with Crippen molar-refractivity contribution in [3.8, 4) is 17.0 Å². The average molecular weight is 422 g/mol. The van der Waals surface area contributed by atoms with Gasteiger partial charge in [-0.3, -0.25) is 4.79 Å². The monoisotopic (exact) mass is 422 g/mol. The number of alkyl halides is 1. The number of aromatic nitrogens is 3. The molecule has 0 aliphatic carbocycles. The third kappa shape index (κ3) is 3.37. The zero-order chi connectivity index (χ0) is 21.5. The highest BCUT2D eigenvalue weighted by molar-refractivity contribution is 5.88. The number of amides is 1. The first-order valence-corrected chi connectivity index (χ1v) is 10.4. The highest BCUT2D eigenvalue weighted by Gasteiger charge is 2.37. The highest BCUT2D eigenvalue weighted by atomic mass is 19.1. The molecule has 2 aliphatic rings. The minimum absolute atomic E-state index is 0.0366. The van der Waals surface area contributed by atoms with E-state index < -0.39 is 12.1 Å². The van der Waals surface area contributed by atoms with Gasteiger partial charge in [-0.2, -0.15) is 0 Å². The van der Waals surface area contributed by atoms with Gasteiger partial charge in [-0.25, -0.2) is 4.39 Å². The Morgan fingerprint density at radius 1 is 1.32 bits per heavy atom. The molecule has 4 heterocycles. The third-order valence-corrected chi connectivity index (χ3v) is 6.27. The van der Waals surface area contributed by atoms with Gasteiger partial charge in [0.2, 0.25) is 5.91 Å². The first-order valence-electron chi connectivity index (χ1n) is 10.4. The molecule has 2 saturated heterocycles. The summed E-state index contributed by atoms with van der Waals surface area (Å²) < 4.78 is 20.2. The molecule has 7 nitrogen and oxygen atoms in total. The van der Waals surface area contributed by atoms with Gasteiger partial charge >= 0.3 is 0 Å². The number of halogens is 1. The average Bonchev–Trinajstić information content (AvgIpc) is 3.50. The molecule has 0 saturated carbocycles. The van der Waals surface area contributed by atoms with E-state index in [2.05, 4.69) is 21.8 Å². The topological polar surface area (TPSA) is 91.3 Å². The summed E-state index contributed by atoms with van der Waals surface area (Å²) in [6.45, 7) is 5.08. The van der Waals surface area contributed by atoms with E-state index in [0.29, 0.717) is 30.0 Å². The van der Waals surface area contributed by atoms with E-state index in [9.17, 15) is 14.3 Å². The number of ether oxygens (including phenoxy) is 1. The van der Waals surface area contributed by atoms with E-state index in [0.717, 1.165) is 23.1 Å². The number of hydrogen-bond acceptors (Lipinski definition) is 5. The summed E-state index contributed by atoms with van der Waals surface area (Å²) in [5.41, 5.74) is 3.37. The number of fused-ring (bicyclic) bond motifs is 1. The third-order valence-electron chi connectivity index (χ3n) is 6.27. The number of hydrogen-bond donors (Lipinski definition) is 2. The molecule has 2 fully saturated rings. The number of benzene rings is 1. The number of para-hydroxylation sites is 1. The molecule has 0 bridgehead atoms. The Labute approximate surface area is 178 Å². The Kier molecular flexibility index (Phi) is 4.94. The maximum absolute atomic E-state index is 14.8. The van der Waals surface area contributed by atoms with Crippen LogP contribution in [-0.4, -0.2) is 63.6 Å². The van der Waals surface area contributed by atoms with Crippen LogP contribution in [0, 0.1) is 0 Å². The van der Waals surface area contributed by atoms with Crippen LogP contribution in [0.3, 0.4) is 0 Å². The Morgan fingerprint density at radius 3 is 2.90 bits per heavy atom. The number of aromatic hydroxyl groups is 1. The summed E-state index contributed by atoms with van der Waals surface area (Å²) in [7, 11) is 0. The van der Waals surface area contributed by atoms with Gasteiger partial charge in [0.1, 0.15) is 11.9 Å². The molecule has 31 heavy (non-hydrogen) atoms. The van der Waals surface area contributed by atoms with Gasteiger partial charge in [0.15, 0.2) is 5.65 Å². The van der Waals surface area contributed by atoms with Crippen LogP contribution in [-0.2, 0) is 9.53 Å². The predicted octanol–water partition coefficient (Wildman–Crippen LogP) is 3.28. The van der Waals surface area contributed by atoms with Crippen molar-refractivity contribution >= 4 is 16.9 Å². The van der Waals surface area contributed by atoms with Crippen molar-refractivity contribution in [2.24, 2.45) is 0 Å². The quantitative estimate of drug-likeness (QED) is 0.630. The van der Waals surface area contributed by atoms with Crippen LogP contribution in [0.2, 0.25) is 0 Å². The van der Waals surface area contributed by atoms with Gasteiger partial charge in [-0.1, -0.05) is 18.7 Å². The Morgan fingerprint density at radius 2 is 2.16 bits per heavy atom. The number of likely N-dealkylation sites (tertiary alicyclic amines) is 1. The number of carbonyl (C=O) groups is 1. The van der Waals surface area contributed by atoms with Crippen molar-refractivity contribution < 1.29 is 19.0 Å². The maximum Gasteiger partial charge on any atom is 0.245 e. The van der Waals surface area contributed by atoms with E-state index >= 15 is 0 Å². The lowest BCUT2D eigenvalue weighted by Gasteiger charge is -2.18. The predicted molar refractivity (Wildman–Crippen MR) is 114 cm³/mol. The molecule has 0 radical (unpaired) electrons. The summed E-state index contributed by atoms with van der Waals surface area (Å²) in [5, 5.41) is 19.6. The molecular weight excluding hydrogens is 399 g/mol. The first kappa shape index (κ1) is 19.7. The standard InChI is InChI=1S/C23H23FN4O3/c1-2-20(30)28-8-7-13(10-28)22-21(16-11-31-12-17(16)24)15-9-18(26-27-23(15)25-22)14-5-3-4-6-19(14)29/h2-6,9,13,16-17,29H,1,7-8,10-12H2,(H,25,27)/t13-,16-,17-/m0/s1. The van der Waals surface area contributed by atoms with Crippen LogP contribution >= 0.6 is 0 Å². The second-order valence-corrected chi connectivity index (χ2v) is 8.10. The summed E-state index contributed by atoms with van der Waals surface area (Å²) in [4.78, 5) is 17.2. The Hall–Kier alpha value is -3.26. The minimum Gasteiger partial charge on any atom is -0.507 e. The molecule has 2 N–H and O–H groups in total. The second-order valence-electron chi connectivity index (χ2n) is 8.10. The zero-order valence-corrected chi connectivity index (χ0v) is 16.9. The Bertz CT molecular complexity index is 1160. The van der Waals surface area contributed by atoms with E-state index in [1.165, 1.54) is 6.08 Å². The van der Waals surface area contributed by atoms with E-state index in [1.54, 1.807) is 23.1 Å². The number of carbonyl (C=O) groups excluding carboxylic acids is 1. The minimum atomic E-state index is -1.12. The molecule has 0 unspecified atom stereocenters. The molecule has 8 heteroatoms. The van der Waals surface area contributed by atoms with Crippen LogP contribution in [0.5, 0.6) is 5.75 Å². The number of phenolic OH excluding ortho intramolecular Hbond substituents is 1. The molecule has 5 rings (SSSR count). The maximum atomic E-state index is 14.8. The number of rotatable bonds is 4. The fraction of sp³-hybridized carbons (Fsp3) is 0.348. The summed E-state index contributed by atoms with van der Waals surface area (Å²) in [6, 6.07) is 8.77. The normalized spacial score (nSPS) is 23.5. The second kappa shape index (κ2) is 7.77. The van der Waals surface area contributed by atoms with Crippen molar-refractivity contribution in [1.29, 1.82) is 0 Å². The van der Waals surface area contributed by atoms with E-state index in [-0.39, 0.29) is 30.8 Å². The molecule has 160 valence electrons. The van der Waals surface area contributed by atoms with Crippen LogP contribution in [0.1, 0.15) is 29.5 Å². The smallest absolute Gasteiger partial charge is 0.245 e. The summed E-state index contributed by atoms with van der Waals surface area (Å²) in [5.74, 6) is -0.381. The van der Waals surface area contributed by atoms with E-state index in [1.807, 2.05) is 12.1 Å². The van der Waals surface area contributed by atoms with Crippen LogP contribution in [0.25, 0.3) is 22.3 Å². The van der Waals surface area contributed by atoms with Crippen LogP contribution in [0.4, 0.5) is 4.39 Å². The molecule has 3 atom stereocenters.